The average molecular weight is 285 g/mol. The molecule has 0 atom stereocenters. The molecule has 0 aliphatic rings. The maximum Gasteiger partial charge on any atom is 0.131 e. The molecule has 21 heavy (non-hydrogen) atoms. The minimum atomic E-state index is 0.711. The molecule has 0 fully saturated rings. The van der Waals surface area contributed by atoms with E-state index in [0.717, 1.165) is 47.9 Å². The number of hydrogen-bond acceptors (Lipinski definition) is 4. The fourth-order valence-electron chi connectivity index (χ4n) is 2.11. The molecule has 2 rings (SSSR count). The average Bonchev–Trinajstić information content (AvgIpc) is 2.53. The van der Waals surface area contributed by atoms with E-state index < -0.39 is 0 Å². The molecule has 0 bridgehead atoms. The van der Waals surface area contributed by atoms with Crippen LogP contribution in [0.25, 0.3) is 11.3 Å². The second-order valence-electron chi connectivity index (χ2n) is 4.90. The number of anilines is 1. The summed E-state index contributed by atoms with van der Waals surface area (Å²) in [6.45, 7) is 4.95. The van der Waals surface area contributed by atoms with Gasteiger partial charge in [0.25, 0.3) is 0 Å². The van der Waals surface area contributed by atoms with Gasteiger partial charge in [0, 0.05) is 25.1 Å². The Labute approximate surface area is 126 Å². The lowest BCUT2D eigenvalue weighted by atomic mass is 10.1. The van der Waals surface area contributed by atoms with Crippen LogP contribution in [0.1, 0.15) is 32.5 Å². The maximum atomic E-state index is 5.83. The van der Waals surface area contributed by atoms with Gasteiger partial charge >= 0.3 is 0 Å². The van der Waals surface area contributed by atoms with E-state index in [2.05, 4.69) is 29.1 Å². The molecule has 112 valence electrons. The van der Waals surface area contributed by atoms with Crippen molar-refractivity contribution in [2.45, 2.75) is 33.1 Å². The highest BCUT2D eigenvalue weighted by atomic mass is 16.5. The molecule has 0 amide bonds. The van der Waals surface area contributed by atoms with Crippen molar-refractivity contribution in [2.24, 2.45) is 0 Å². The smallest absolute Gasteiger partial charge is 0.131 e. The van der Waals surface area contributed by atoms with Gasteiger partial charge in [0.1, 0.15) is 17.4 Å². The lowest BCUT2D eigenvalue weighted by Crippen LogP contribution is -2.03. The van der Waals surface area contributed by atoms with Crippen LogP contribution in [-0.4, -0.2) is 23.6 Å². The molecule has 1 N–H and O–H groups in total. The van der Waals surface area contributed by atoms with Crippen molar-refractivity contribution in [3.63, 3.8) is 0 Å². The molecule has 4 nitrogen and oxygen atoms in total. The Morgan fingerprint density at radius 1 is 1.10 bits per heavy atom. The van der Waals surface area contributed by atoms with Gasteiger partial charge in [-0.25, -0.2) is 9.97 Å². The lowest BCUT2D eigenvalue weighted by molar-refractivity contribution is 0.318. The van der Waals surface area contributed by atoms with Gasteiger partial charge in [0.15, 0.2) is 0 Å². The second-order valence-corrected chi connectivity index (χ2v) is 4.90. The number of rotatable bonds is 7. The Morgan fingerprint density at radius 3 is 2.62 bits per heavy atom. The number of nitrogens with zero attached hydrogens (tertiary/aromatic N) is 2. The fraction of sp³-hybridized carbons (Fsp3) is 0.412. The molecule has 0 saturated heterocycles. The van der Waals surface area contributed by atoms with E-state index in [1.54, 1.807) is 0 Å². The molecule has 1 heterocycles. The zero-order chi connectivity index (χ0) is 15.1. The highest BCUT2D eigenvalue weighted by Gasteiger charge is 2.10. The largest absolute Gasteiger partial charge is 0.493 e. The van der Waals surface area contributed by atoms with Crippen LogP contribution in [-0.2, 0) is 6.42 Å². The molecule has 4 heteroatoms. The minimum Gasteiger partial charge on any atom is -0.493 e. The van der Waals surface area contributed by atoms with Gasteiger partial charge in [0.2, 0.25) is 0 Å². The van der Waals surface area contributed by atoms with Crippen LogP contribution in [0.15, 0.2) is 30.3 Å². The number of para-hydroxylation sites is 1. The van der Waals surface area contributed by atoms with Crippen molar-refractivity contribution in [3.05, 3.63) is 36.2 Å². The number of nitrogens with one attached hydrogen (secondary N) is 1. The zero-order valence-electron chi connectivity index (χ0n) is 13.0. The first-order valence-corrected chi connectivity index (χ1v) is 7.56. The van der Waals surface area contributed by atoms with Gasteiger partial charge in [-0.05, 0) is 25.0 Å². The van der Waals surface area contributed by atoms with Crippen molar-refractivity contribution < 1.29 is 4.74 Å². The van der Waals surface area contributed by atoms with E-state index >= 15 is 0 Å². The van der Waals surface area contributed by atoms with Gasteiger partial charge < -0.3 is 10.1 Å². The highest BCUT2D eigenvalue weighted by molar-refractivity contribution is 5.69. The normalized spacial score (nSPS) is 10.4. The van der Waals surface area contributed by atoms with Crippen LogP contribution in [0.2, 0.25) is 0 Å². The minimum absolute atomic E-state index is 0.711. The van der Waals surface area contributed by atoms with Gasteiger partial charge in [-0.2, -0.15) is 0 Å². The summed E-state index contributed by atoms with van der Waals surface area (Å²) in [7, 11) is 1.88. The molecular weight excluding hydrogens is 262 g/mol. The third-order valence-corrected chi connectivity index (χ3v) is 3.13. The van der Waals surface area contributed by atoms with E-state index in [1.165, 1.54) is 0 Å². The number of benzene rings is 1. The van der Waals surface area contributed by atoms with E-state index in [4.69, 9.17) is 4.74 Å². The zero-order valence-corrected chi connectivity index (χ0v) is 13.0. The maximum absolute atomic E-state index is 5.83. The van der Waals surface area contributed by atoms with Crippen molar-refractivity contribution in [1.29, 1.82) is 0 Å². The summed E-state index contributed by atoms with van der Waals surface area (Å²) < 4.78 is 5.83. The summed E-state index contributed by atoms with van der Waals surface area (Å²) >= 11 is 0. The SMILES string of the molecule is CCCOc1ccccc1-c1cc(NC)nc(CCC)n1. The van der Waals surface area contributed by atoms with Gasteiger partial charge in [-0.3, -0.25) is 0 Å². The van der Waals surface area contributed by atoms with Crippen molar-refractivity contribution in [1.82, 2.24) is 9.97 Å². The molecule has 0 spiro atoms. The summed E-state index contributed by atoms with van der Waals surface area (Å²) in [6, 6.07) is 10.00. The molecule has 0 radical (unpaired) electrons. The number of ether oxygens (including phenoxy) is 1. The van der Waals surface area contributed by atoms with Crippen molar-refractivity contribution in [2.75, 3.05) is 19.0 Å². The summed E-state index contributed by atoms with van der Waals surface area (Å²) in [6.07, 6.45) is 2.89. The van der Waals surface area contributed by atoms with E-state index in [1.807, 2.05) is 37.4 Å². The molecule has 0 saturated carbocycles. The second kappa shape index (κ2) is 7.62. The van der Waals surface area contributed by atoms with E-state index in [-0.39, 0.29) is 0 Å². The summed E-state index contributed by atoms with van der Waals surface area (Å²) in [4.78, 5) is 9.17. The predicted molar refractivity (Wildman–Crippen MR) is 86.8 cm³/mol. The van der Waals surface area contributed by atoms with Crippen LogP contribution < -0.4 is 10.1 Å². The van der Waals surface area contributed by atoms with Crippen LogP contribution >= 0.6 is 0 Å². The van der Waals surface area contributed by atoms with Gasteiger partial charge in [-0.15, -0.1) is 0 Å². The summed E-state index contributed by atoms with van der Waals surface area (Å²) in [5, 5.41) is 3.11. The van der Waals surface area contributed by atoms with Crippen LogP contribution in [0.4, 0.5) is 5.82 Å². The standard InChI is InChI=1S/C17H23N3O/c1-4-8-16-19-14(12-17(18-3)20-16)13-9-6-7-10-15(13)21-11-5-2/h6-7,9-10,12H,4-5,8,11H2,1-3H3,(H,18,19,20). The van der Waals surface area contributed by atoms with E-state index in [9.17, 15) is 0 Å². The monoisotopic (exact) mass is 285 g/mol. The Balaban J connectivity index is 2.42. The Hall–Kier alpha value is -2.10. The summed E-state index contributed by atoms with van der Waals surface area (Å²) in [5.74, 6) is 2.58. The quantitative estimate of drug-likeness (QED) is 0.837. The third kappa shape index (κ3) is 3.94. The van der Waals surface area contributed by atoms with Gasteiger partial charge in [0.05, 0.1) is 12.3 Å². The lowest BCUT2D eigenvalue weighted by Gasteiger charge is -2.12. The van der Waals surface area contributed by atoms with Gasteiger partial charge in [-0.1, -0.05) is 26.0 Å². The molecular formula is C17H23N3O. The topological polar surface area (TPSA) is 47.0 Å². The Kier molecular flexibility index (Phi) is 5.55. The molecule has 0 aliphatic heterocycles. The molecule has 2 aromatic rings. The third-order valence-electron chi connectivity index (χ3n) is 3.13. The first-order chi connectivity index (χ1) is 10.3. The highest BCUT2D eigenvalue weighted by Crippen LogP contribution is 2.29. The Bertz CT molecular complexity index is 584. The first-order valence-electron chi connectivity index (χ1n) is 7.56. The van der Waals surface area contributed by atoms with Crippen LogP contribution in [0, 0.1) is 0 Å². The first kappa shape index (κ1) is 15.3. The van der Waals surface area contributed by atoms with E-state index in [0.29, 0.717) is 6.61 Å². The molecule has 0 unspecified atom stereocenters. The number of hydrogen-bond donors (Lipinski definition) is 1. The Morgan fingerprint density at radius 2 is 1.90 bits per heavy atom. The summed E-state index contributed by atoms with van der Waals surface area (Å²) in [5.41, 5.74) is 1.92. The molecule has 1 aromatic carbocycles. The molecule has 1 aromatic heterocycles. The number of aromatic nitrogens is 2. The predicted octanol–water partition coefficient (Wildman–Crippen LogP) is 3.93. The van der Waals surface area contributed by atoms with Crippen molar-refractivity contribution >= 4 is 5.82 Å². The molecule has 0 aliphatic carbocycles. The van der Waals surface area contributed by atoms with Crippen LogP contribution in [0.3, 0.4) is 0 Å². The fourth-order valence-corrected chi connectivity index (χ4v) is 2.11. The number of aryl methyl sites for hydroxylation is 1. The van der Waals surface area contributed by atoms with Crippen LogP contribution in [0.5, 0.6) is 5.75 Å². The van der Waals surface area contributed by atoms with Crippen molar-refractivity contribution in [3.8, 4) is 17.0 Å².